The molecule has 1 aromatic carbocycles. The highest BCUT2D eigenvalue weighted by molar-refractivity contribution is 5.72. The van der Waals surface area contributed by atoms with Crippen LogP contribution in [0.1, 0.15) is 18.9 Å². The molecule has 0 aliphatic heterocycles. The van der Waals surface area contributed by atoms with Crippen LogP contribution in [-0.2, 0) is 11.3 Å². The third-order valence-electron chi connectivity index (χ3n) is 2.96. The Morgan fingerprint density at radius 1 is 1.56 bits per heavy atom. The average Bonchev–Trinajstić information content (AvgIpc) is 2.81. The summed E-state index contributed by atoms with van der Waals surface area (Å²) in [5.41, 5.74) is 2.63. The lowest BCUT2D eigenvalue weighted by atomic mass is 10.1. The van der Waals surface area contributed by atoms with Crippen LogP contribution < -0.4 is 5.32 Å². The summed E-state index contributed by atoms with van der Waals surface area (Å²) in [4.78, 5) is 14.9. The molecule has 0 amide bonds. The van der Waals surface area contributed by atoms with Crippen molar-refractivity contribution >= 4 is 17.1 Å². The van der Waals surface area contributed by atoms with E-state index in [2.05, 4.69) is 10.3 Å². The number of carbonyl (C=O) groups is 1. The van der Waals surface area contributed by atoms with Gasteiger partial charge in [-0.1, -0.05) is 13.0 Å². The van der Waals surface area contributed by atoms with E-state index in [0.29, 0.717) is 19.5 Å². The first kappa shape index (κ1) is 12.6. The van der Waals surface area contributed by atoms with Gasteiger partial charge < -0.3 is 14.8 Å². The Morgan fingerprint density at radius 3 is 3.11 bits per heavy atom. The number of hydrogen-bond acceptors (Lipinski definition) is 4. The van der Waals surface area contributed by atoms with Gasteiger partial charge in [0.15, 0.2) is 12.0 Å². The first-order chi connectivity index (χ1) is 8.70. The molecule has 0 aliphatic carbocycles. The maximum Gasteiger partial charge on any atom is 0.307 e. The van der Waals surface area contributed by atoms with Crippen LogP contribution in [0.3, 0.4) is 0 Å². The molecule has 5 nitrogen and oxygen atoms in total. The van der Waals surface area contributed by atoms with Gasteiger partial charge in [-0.05, 0) is 24.1 Å². The van der Waals surface area contributed by atoms with E-state index in [4.69, 9.17) is 9.52 Å². The van der Waals surface area contributed by atoms with Crippen molar-refractivity contribution in [1.82, 2.24) is 10.3 Å². The monoisotopic (exact) mass is 248 g/mol. The quantitative estimate of drug-likeness (QED) is 0.818. The number of rotatable bonds is 6. The van der Waals surface area contributed by atoms with Gasteiger partial charge in [-0.3, -0.25) is 4.79 Å². The minimum absolute atomic E-state index is 0.334. The molecule has 1 heterocycles. The summed E-state index contributed by atoms with van der Waals surface area (Å²) >= 11 is 0. The van der Waals surface area contributed by atoms with E-state index in [1.54, 1.807) is 0 Å². The minimum Gasteiger partial charge on any atom is -0.481 e. The predicted octanol–water partition coefficient (Wildman–Crippen LogP) is 2.03. The zero-order valence-corrected chi connectivity index (χ0v) is 10.2. The fraction of sp³-hybridized carbons (Fsp3) is 0.385. The molecule has 1 unspecified atom stereocenters. The second-order valence-corrected chi connectivity index (χ2v) is 4.23. The van der Waals surface area contributed by atoms with Gasteiger partial charge >= 0.3 is 5.97 Å². The van der Waals surface area contributed by atoms with Gasteiger partial charge in [0, 0.05) is 13.1 Å². The normalized spacial score (nSPS) is 12.7. The van der Waals surface area contributed by atoms with Gasteiger partial charge in [0.2, 0.25) is 0 Å². The molecule has 0 saturated carbocycles. The van der Waals surface area contributed by atoms with Crippen molar-refractivity contribution in [2.75, 3.05) is 6.54 Å². The molecule has 5 heteroatoms. The number of benzene rings is 1. The largest absolute Gasteiger partial charge is 0.481 e. The number of nitrogens with zero attached hydrogens (tertiary/aromatic N) is 1. The Kier molecular flexibility index (Phi) is 3.94. The SMILES string of the molecule is CCC(CNCc1ccc2ncoc2c1)C(=O)O. The van der Waals surface area contributed by atoms with Crippen LogP contribution in [0.25, 0.3) is 11.1 Å². The number of carboxylic acid groups (broad SMARTS) is 1. The third kappa shape index (κ3) is 2.87. The second kappa shape index (κ2) is 5.64. The Bertz CT molecular complexity index is 536. The summed E-state index contributed by atoms with van der Waals surface area (Å²) in [5.74, 6) is -1.09. The Balaban J connectivity index is 1.91. The smallest absolute Gasteiger partial charge is 0.307 e. The maximum atomic E-state index is 10.8. The van der Waals surface area contributed by atoms with E-state index in [1.807, 2.05) is 25.1 Å². The van der Waals surface area contributed by atoms with E-state index in [0.717, 1.165) is 16.7 Å². The number of carboxylic acids is 1. The summed E-state index contributed by atoms with van der Waals surface area (Å²) in [6, 6.07) is 5.76. The summed E-state index contributed by atoms with van der Waals surface area (Å²) in [7, 11) is 0. The van der Waals surface area contributed by atoms with E-state index in [1.165, 1.54) is 6.39 Å². The number of hydrogen-bond donors (Lipinski definition) is 2. The molecule has 2 rings (SSSR count). The Morgan fingerprint density at radius 2 is 2.39 bits per heavy atom. The van der Waals surface area contributed by atoms with Gasteiger partial charge in [0.25, 0.3) is 0 Å². The summed E-state index contributed by atoms with van der Waals surface area (Å²) in [5, 5.41) is 12.1. The first-order valence-electron chi connectivity index (χ1n) is 5.96. The van der Waals surface area contributed by atoms with Crippen molar-refractivity contribution in [2.24, 2.45) is 5.92 Å². The highest BCUT2D eigenvalue weighted by atomic mass is 16.4. The van der Waals surface area contributed by atoms with Crippen LogP contribution in [0, 0.1) is 5.92 Å². The molecule has 0 bridgehead atoms. The highest BCUT2D eigenvalue weighted by Gasteiger charge is 2.13. The molecule has 96 valence electrons. The molecule has 0 spiro atoms. The van der Waals surface area contributed by atoms with E-state index in [9.17, 15) is 4.79 Å². The van der Waals surface area contributed by atoms with Gasteiger partial charge in [-0.15, -0.1) is 0 Å². The molecular weight excluding hydrogens is 232 g/mol. The molecule has 0 fully saturated rings. The van der Waals surface area contributed by atoms with E-state index >= 15 is 0 Å². The van der Waals surface area contributed by atoms with Crippen LogP contribution >= 0.6 is 0 Å². The third-order valence-corrected chi connectivity index (χ3v) is 2.96. The lowest BCUT2D eigenvalue weighted by Gasteiger charge is -2.10. The van der Waals surface area contributed by atoms with Crippen molar-refractivity contribution in [3.05, 3.63) is 30.2 Å². The zero-order chi connectivity index (χ0) is 13.0. The average molecular weight is 248 g/mol. The van der Waals surface area contributed by atoms with Crippen LogP contribution in [-0.4, -0.2) is 22.6 Å². The minimum atomic E-state index is -0.754. The number of oxazole rings is 1. The lowest BCUT2D eigenvalue weighted by molar-refractivity contribution is -0.141. The summed E-state index contributed by atoms with van der Waals surface area (Å²) < 4.78 is 5.21. The Labute approximate surface area is 105 Å². The molecule has 0 aliphatic rings. The van der Waals surface area contributed by atoms with Gasteiger partial charge in [-0.25, -0.2) is 4.98 Å². The van der Waals surface area contributed by atoms with Crippen molar-refractivity contribution in [3.63, 3.8) is 0 Å². The van der Waals surface area contributed by atoms with Gasteiger partial charge in [-0.2, -0.15) is 0 Å². The van der Waals surface area contributed by atoms with Crippen LogP contribution in [0.2, 0.25) is 0 Å². The molecule has 0 radical (unpaired) electrons. The standard InChI is InChI=1S/C13H16N2O3/c1-2-10(13(16)17)7-14-6-9-3-4-11-12(5-9)18-8-15-11/h3-5,8,10,14H,2,6-7H2,1H3,(H,16,17). The molecule has 2 N–H and O–H groups in total. The number of aromatic nitrogens is 1. The maximum absolute atomic E-state index is 10.8. The van der Waals surface area contributed by atoms with Crippen molar-refractivity contribution < 1.29 is 14.3 Å². The Hall–Kier alpha value is -1.88. The van der Waals surface area contributed by atoms with Crippen molar-refractivity contribution in [1.29, 1.82) is 0 Å². The molecule has 2 aromatic rings. The topological polar surface area (TPSA) is 75.4 Å². The molecule has 1 atom stereocenters. The van der Waals surface area contributed by atoms with Crippen LogP contribution in [0.5, 0.6) is 0 Å². The fourth-order valence-electron chi connectivity index (χ4n) is 1.81. The number of fused-ring (bicyclic) bond motifs is 1. The van der Waals surface area contributed by atoms with E-state index < -0.39 is 5.97 Å². The van der Waals surface area contributed by atoms with E-state index in [-0.39, 0.29) is 5.92 Å². The van der Waals surface area contributed by atoms with Gasteiger partial charge in [0.05, 0.1) is 5.92 Å². The van der Waals surface area contributed by atoms with Crippen molar-refractivity contribution in [2.45, 2.75) is 19.9 Å². The predicted molar refractivity (Wildman–Crippen MR) is 67.1 cm³/mol. The highest BCUT2D eigenvalue weighted by Crippen LogP contribution is 2.14. The fourth-order valence-corrected chi connectivity index (χ4v) is 1.81. The van der Waals surface area contributed by atoms with Crippen LogP contribution in [0.15, 0.2) is 29.0 Å². The number of aliphatic carboxylic acids is 1. The molecule has 0 saturated heterocycles. The number of nitrogens with one attached hydrogen (secondary N) is 1. The second-order valence-electron chi connectivity index (χ2n) is 4.23. The van der Waals surface area contributed by atoms with Crippen molar-refractivity contribution in [3.8, 4) is 0 Å². The first-order valence-corrected chi connectivity index (χ1v) is 5.96. The summed E-state index contributed by atoms with van der Waals surface area (Å²) in [6.07, 6.45) is 2.04. The van der Waals surface area contributed by atoms with Crippen LogP contribution in [0.4, 0.5) is 0 Å². The van der Waals surface area contributed by atoms with Gasteiger partial charge in [0.1, 0.15) is 5.52 Å². The zero-order valence-electron chi connectivity index (χ0n) is 10.2. The molecular formula is C13H16N2O3. The summed E-state index contributed by atoms with van der Waals surface area (Å²) in [6.45, 7) is 2.97. The molecule has 18 heavy (non-hydrogen) atoms. The molecule has 1 aromatic heterocycles. The lowest BCUT2D eigenvalue weighted by Crippen LogP contribution is -2.27.